The zero-order chi connectivity index (χ0) is 18.6. The summed E-state index contributed by atoms with van der Waals surface area (Å²) in [6.07, 6.45) is 1.34. The van der Waals surface area contributed by atoms with E-state index < -0.39 is 10.0 Å². The quantitative estimate of drug-likeness (QED) is 0.852. The maximum absolute atomic E-state index is 12.4. The average Bonchev–Trinajstić information content (AvgIpc) is 2.61. The number of carbonyl (C=O) groups is 2. The van der Waals surface area contributed by atoms with Crippen molar-refractivity contribution in [3.63, 3.8) is 0 Å². The van der Waals surface area contributed by atoms with Crippen LogP contribution < -0.4 is 5.32 Å². The molecular formula is C17H25N3O4S. The molecule has 1 unspecified atom stereocenters. The first-order chi connectivity index (χ1) is 11.7. The normalized spacial score (nSPS) is 18.6. The third kappa shape index (κ3) is 4.79. The molecule has 1 heterocycles. The Morgan fingerprint density at radius 1 is 1.24 bits per heavy atom. The van der Waals surface area contributed by atoms with Crippen molar-refractivity contribution in [3.8, 4) is 0 Å². The standard InChI is InChI=1S/C17H25N3O4S/c1-4-25(23,24)20-11-5-6-14(12-20)16(21)18-15-9-7-13(8-10-15)17(22)19(2)3/h7-10,14H,4-6,11-12H2,1-3H3,(H,18,21). The Hall–Kier alpha value is -1.93. The van der Waals surface area contributed by atoms with E-state index >= 15 is 0 Å². The average molecular weight is 367 g/mol. The van der Waals surface area contributed by atoms with E-state index in [0.29, 0.717) is 30.6 Å². The Morgan fingerprint density at radius 3 is 2.44 bits per heavy atom. The van der Waals surface area contributed by atoms with E-state index in [0.717, 1.165) is 0 Å². The lowest BCUT2D eigenvalue weighted by atomic mass is 9.98. The summed E-state index contributed by atoms with van der Waals surface area (Å²) in [5.41, 5.74) is 1.14. The van der Waals surface area contributed by atoms with Crippen LogP contribution in [0.15, 0.2) is 24.3 Å². The van der Waals surface area contributed by atoms with Crippen LogP contribution in [0.4, 0.5) is 5.69 Å². The molecule has 1 aliphatic heterocycles. The number of benzene rings is 1. The fourth-order valence-electron chi connectivity index (χ4n) is 2.79. The molecule has 2 amide bonds. The summed E-state index contributed by atoms with van der Waals surface area (Å²) < 4.78 is 25.4. The highest BCUT2D eigenvalue weighted by molar-refractivity contribution is 7.89. The largest absolute Gasteiger partial charge is 0.345 e. The van der Waals surface area contributed by atoms with Gasteiger partial charge < -0.3 is 10.2 Å². The lowest BCUT2D eigenvalue weighted by molar-refractivity contribution is -0.120. The molecule has 0 saturated carbocycles. The molecule has 25 heavy (non-hydrogen) atoms. The van der Waals surface area contributed by atoms with E-state index in [9.17, 15) is 18.0 Å². The molecule has 8 heteroatoms. The van der Waals surface area contributed by atoms with E-state index in [4.69, 9.17) is 0 Å². The molecule has 1 saturated heterocycles. The molecule has 0 radical (unpaired) electrons. The van der Waals surface area contributed by atoms with Crippen molar-refractivity contribution < 1.29 is 18.0 Å². The number of rotatable bonds is 5. The predicted molar refractivity (Wildman–Crippen MR) is 96.8 cm³/mol. The lowest BCUT2D eigenvalue weighted by Crippen LogP contribution is -2.44. The van der Waals surface area contributed by atoms with Crippen LogP contribution in [-0.4, -0.2) is 62.4 Å². The van der Waals surface area contributed by atoms with Gasteiger partial charge in [-0.05, 0) is 44.0 Å². The molecule has 1 aromatic rings. The van der Waals surface area contributed by atoms with Crippen molar-refractivity contribution in [3.05, 3.63) is 29.8 Å². The highest BCUT2D eigenvalue weighted by Gasteiger charge is 2.31. The van der Waals surface area contributed by atoms with E-state index in [1.165, 1.54) is 9.21 Å². The maximum atomic E-state index is 12.4. The minimum Gasteiger partial charge on any atom is -0.345 e. The second-order valence-electron chi connectivity index (χ2n) is 6.36. The monoisotopic (exact) mass is 367 g/mol. The molecule has 7 nitrogen and oxygen atoms in total. The molecular weight excluding hydrogens is 342 g/mol. The summed E-state index contributed by atoms with van der Waals surface area (Å²) in [7, 11) is 0.0829. The first-order valence-corrected chi connectivity index (χ1v) is 9.96. The Labute approximate surface area is 149 Å². The van der Waals surface area contributed by atoms with Gasteiger partial charge in [0.2, 0.25) is 15.9 Å². The van der Waals surface area contributed by atoms with Crippen molar-refractivity contribution in [1.82, 2.24) is 9.21 Å². The third-order valence-electron chi connectivity index (χ3n) is 4.32. The van der Waals surface area contributed by atoms with Crippen LogP contribution >= 0.6 is 0 Å². The number of carbonyl (C=O) groups excluding carboxylic acids is 2. The molecule has 1 aromatic carbocycles. The van der Waals surface area contributed by atoms with E-state index in [1.54, 1.807) is 45.3 Å². The number of sulfonamides is 1. The second kappa shape index (κ2) is 7.97. The molecule has 138 valence electrons. The topological polar surface area (TPSA) is 86.8 Å². The van der Waals surface area contributed by atoms with Crippen LogP contribution in [0.1, 0.15) is 30.1 Å². The number of nitrogens with zero attached hydrogens (tertiary/aromatic N) is 2. The van der Waals surface area contributed by atoms with Crippen LogP contribution in [0.5, 0.6) is 0 Å². The highest BCUT2D eigenvalue weighted by Crippen LogP contribution is 2.21. The van der Waals surface area contributed by atoms with Gasteiger partial charge in [0, 0.05) is 38.4 Å². The Bertz CT molecular complexity index is 729. The van der Waals surface area contributed by atoms with Gasteiger partial charge in [-0.3, -0.25) is 9.59 Å². The highest BCUT2D eigenvalue weighted by atomic mass is 32.2. The smallest absolute Gasteiger partial charge is 0.253 e. The van der Waals surface area contributed by atoms with Gasteiger partial charge in [0.1, 0.15) is 0 Å². The first kappa shape index (κ1) is 19.4. The van der Waals surface area contributed by atoms with E-state index in [-0.39, 0.29) is 30.0 Å². The molecule has 1 aliphatic rings. The molecule has 1 atom stereocenters. The lowest BCUT2D eigenvalue weighted by Gasteiger charge is -2.30. The second-order valence-corrected chi connectivity index (χ2v) is 8.62. The summed E-state index contributed by atoms with van der Waals surface area (Å²) in [6.45, 7) is 2.30. The summed E-state index contributed by atoms with van der Waals surface area (Å²) in [5.74, 6) is -0.616. The van der Waals surface area contributed by atoms with Gasteiger partial charge in [0.05, 0.1) is 11.7 Å². The number of amides is 2. The Morgan fingerprint density at radius 2 is 1.88 bits per heavy atom. The maximum Gasteiger partial charge on any atom is 0.253 e. The van der Waals surface area contributed by atoms with Crippen molar-refractivity contribution in [2.75, 3.05) is 38.3 Å². The zero-order valence-electron chi connectivity index (χ0n) is 14.9. The van der Waals surface area contributed by atoms with Crippen LogP contribution in [0.2, 0.25) is 0 Å². The molecule has 0 aromatic heterocycles. The SMILES string of the molecule is CCS(=O)(=O)N1CCCC(C(=O)Nc2ccc(C(=O)N(C)C)cc2)C1. The van der Waals surface area contributed by atoms with E-state index in [1.807, 2.05) is 0 Å². The van der Waals surface area contributed by atoms with Gasteiger partial charge >= 0.3 is 0 Å². The van der Waals surface area contributed by atoms with Gasteiger partial charge in [-0.15, -0.1) is 0 Å². The number of hydrogen-bond donors (Lipinski definition) is 1. The summed E-state index contributed by atoms with van der Waals surface area (Å²) in [5, 5.41) is 2.81. The molecule has 0 bridgehead atoms. The van der Waals surface area contributed by atoms with Crippen molar-refractivity contribution >= 4 is 27.5 Å². The zero-order valence-corrected chi connectivity index (χ0v) is 15.7. The molecule has 1 fully saturated rings. The van der Waals surface area contributed by atoms with Gasteiger partial charge in [0.25, 0.3) is 5.91 Å². The van der Waals surface area contributed by atoms with Crippen molar-refractivity contribution in [2.24, 2.45) is 5.92 Å². The third-order valence-corrected chi connectivity index (χ3v) is 6.17. The first-order valence-electron chi connectivity index (χ1n) is 8.35. The number of nitrogens with one attached hydrogen (secondary N) is 1. The fraction of sp³-hybridized carbons (Fsp3) is 0.529. The molecule has 2 rings (SSSR count). The van der Waals surface area contributed by atoms with Gasteiger partial charge in [-0.25, -0.2) is 12.7 Å². The summed E-state index contributed by atoms with van der Waals surface area (Å²) in [4.78, 5) is 25.8. The number of hydrogen-bond acceptors (Lipinski definition) is 4. The summed E-state index contributed by atoms with van der Waals surface area (Å²) in [6, 6.07) is 6.68. The fourth-order valence-corrected chi connectivity index (χ4v) is 3.97. The molecule has 1 N–H and O–H groups in total. The van der Waals surface area contributed by atoms with Crippen LogP contribution in [0.3, 0.4) is 0 Å². The number of anilines is 1. The minimum atomic E-state index is -3.27. The summed E-state index contributed by atoms with van der Waals surface area (Å²) >= 11 is 0. The predicted octanol–water partition coefficient (Wildman–Crippen LogP) is 1.39. The van der Waals surface area contributed by atoms with Crippen molar-refractivity contribution in [2.45, 2.75) is 19.8 Å². The van der Waals surface area contributed by atoms with Gasteiger partial charge in [0.15, 0.2) is 0 Å². The van der Waals surface area contributed by atoms with Gasteiger partial charge in [-0.1, -0.05) is 0 Å². The molecule has 0 aliphatic carbocycles. The van der Waals surface area contributed by atoms with Crippen molar-refractivity contribution in [1.29, 1.82) is 0 Å². The van der Waals surface area contributed by atoms with Crippen LogP contribution in [-0.2, 0) is 14.8 Å². The van der Waals surface area contributed by atoms with Crippen LogP contribution in [0, 0.1) is 5.92 Å². The molecule has 0 spiro atoms. The minimum absolute atomic E-state index is 0.0443. The van der Waals surface area contributed by atoms with Gasteiger partial charge in [-0.2, -0.15) is 0 Å². The Kier molecular flexibility index (Phi) is 6.18. The Balaban J connectivity index is 2.01. The van der Waals surface area contributed by atoms with E-state index in [2.05, 4.69) is 5.32 Å². The number of piperidine rings is 1. The van der Waals surface area contributed by atoms with Crippen LogP contribution in [0.25, 0.3) is 0 Å².